The molecular formula is C19H26N2O3. The van der Waals surface area contributed by atoms with Gasteiger partial charge in [-0.05, 0) is 51.7 Å². The van der Waals surface area contributed by atoms with E-state index in [9.17, 15) is 9.59 Å². The first kappa shape index (κ1) is 17.0. The molecule has 2 amide bonds. The molecule has 2 heterocycles. The molecule has 24 heavy (non-hydrogen) atoms. The van der Waals surface area contributed by atoms with E-state index in [2.05, 4.69) is 0 Å². The molecule has 2 fully saturated rings. The van der Waals surface area contributed by atoms with Crippen molar-refractivity contribution in [1.29, 1.82) is 0 Å². The van der Waals surface area contributed by atoms with Crippen LogP contribution in [0.1, 0.15) is 38.2 Å². The summed E-state index contributed by atoms with van der Waals surface area (Å²) in [5.41, 5.74) is 1.43. The summed E-state index contributed by atoms with van der Waals surface area (Å²) in [4.78, 5) is 29.5. The van der Waals surface area contributed by atoms with Crippen LogP contribution >= 0.6 is 0 Å². The lowest BCUT2D eigenvalue weighted by Gasteiger charge is -2.44. The summed E-state index contributed by atoms with van der Waals surface area (Å²) in [5.74, 6) is 0.00778. The highest BCUT2D eigenvalue weighted by Gasteiger charge is 2.52. The average Bonchev–Trinajstić information content (AvgIpc) is 3.01. The van der Waals surface area contributed by atoms with Gasteiger partial charge in [0, 0.05) is 25.4 Å². The predicted molar refractivity (Wildman–Crippen MR) is 92.9 cm³/mol. The average molecular weight is 330 g/mol. The van der Waals surface area contributed by atoms with Crippen LogP contribution in [-0.2, 0) is 14.3 Å². The number of hydrogen-bond acceptors (Lipinski definition) is 3. The second-order valence-electron chi connectivity index (χ2n) is 6.71. The molecule has 1 spiro atoms. The minimum atomic E-state index is -0.669. The molecule has 1 aromatic carbocycles. The second kappa shape index (κ2) is 6.93. The summed E-state index contributed by atoms with van der Waals surface area (Å²) in [5, 5.41) is 0. The van der Waals surface area contributed by atoms with Gasteiger partial charge in [0.05, 0.1) is 0 Å². The standard InChI is InChI=1S/C19H26N2O3/c1-3-24-14-17(22)21-13-5-11-19(21)10-4-12-20(18(19)23)16-8-6-15(2)7-9-16/h6-9H,3-5,10-14H2,1-2H3. The number of anilines is 1. The Morgan fingerprint density at radius 3 is 2.50 bits per heavy atom. The number of benzene rings is 1. The fourth-order valence-electron chi connectivity index (χ4n) is 3.95. The Bertz CT molecular complexity index is 614. The van der Waals surface area contributed by atoms with Crippen LogP contribution in [0, 0.1) is 6.92 Å². The minimum Gasteiger partial charge on any atom is -0.372 e. The van der Waals surface area contributed by atoms with Crippen molar-refractivity contribution >= 4 is 17.5 Å². The van der Waals surface area contributed by atoms with Crippen LogP contribution in [0.4, 0.5) is 5.69 Å². The summed E-state index contributed by atoms with van der Waals surface area (Å²) in [6.45, 7) is 5.86. The van der Waals surface area contributed by atoms with Gasteiger partial charge in [-0.2, -0.15) is 0 Å². The van der Waals surface area contributed by atoms with Crippen molar-refractivity contribution in [3.63, 3.8) is 0 Å². The Morgan fingerprint density at radius 1 is 1.17 bits per heavy atom. The maximum absolute atomic E-state index is 13.3. The zero-order valence-electron chi connectivity index (χ0n) is 14.6. The molecule has 0 saturated carbocycles. The topological polar surface area (TPSA) is 49.9 Å². The van der Waals surface area contributed by atoms with Gasteiger partial charge < -0.3 is 14.5 Å². The fraction of sp³-hybridized carbons (Fsp3) is 0.579. The lowest BCUT2D eigenvalue weighted by Crippen LogP contribution is -2.62. The zero-order valence-corrected chi connectivity index (χ0v) is 14.6. The molecule has 2 aliphatic heterocycles. The lowest BCUT2D eigenvalue weighted by molar-refractivity contribution is -0.148. The van der Waals surface area contributed by atoms with Gasteiger partial charge in [0.2, 0.25) is 5.91 Å². The van der Waals surface area contributed by atoms with Gasteiger partial charge in [-0.15, -0.1) is 0 Å². The third-order valence-corrected chi connectivity index (χ3v) is 5.18. The molecule has 1 aromatic rings. The number of carbonyl (C=O) groups excluding carboxylic acids is 2. The first-order valence-electron chi connectivity index (χ1n) is 8.85. The van der Waals surface area contributed by atoms with Crippen molar-refractivity contribution in [2.45, 2.75) is 45.1 Å². The van der Waals surface area contributed by atoms with Crippen LogP contribution < -0.4 is 4.90 Å². The highest BCUT2D eigenvalue weighted by molar-refractivity contribution is 6.03. The van der Waals surface area contributed by atoms with Crippen LogP contribution in [0.3, 0.4) is 0 Å². The normalized spacial score (nSPS) is 24.0. The van der Waals surface area contributed by atoms with E-state index in [-0.39, 0.29) is 18.4 Å². The summed E-state index contributed by atoms with van der Waals surface area (Å²) < 4.78 is 5.29. The molecule has 0 bridgehead atoms. The quantitative estimate of drug-likeness (QED) is 0.852. The van der Waals surface area contributed by atoms with Gasteiger partial charge >= 0.3 is 0 Å². The number of amides is 2. The molecule has 5 heteroatoms. The highest BCUT2D eigenvalue weighted by Crippen LogP contribution is 2.39. The Hall–Kier alpha value is -1.88. The van der Waals surface area contributed by atoms with Gasteiger partial charge in [0.25, 0.3) is 5.91 Å². The minimum absolute atomic E-state index is 0.0616. The van der Waals surface area contributed by atoms with Gasteiger partial charge in [-0.3, -0.25) is 9.59 Å². The Balaban J connectivity index is 1.85. The molecule has 1 unspecified atom stereocenters. The van der Waals surface area contributed by atoms with E-state index in [4.69, 9.17) is 4.74 Å². The summed E-state index contributed by atoms with van der Waals surface area (Å²) >= 11 is 0. The van der Waals surface area contributed by atoms with Crippen LogP contribution in [0.15, 0.2) is 24.3 Å². The Morgan fingerprint density at radius 2 is 1.83 bits per heavy atom. The molecule has 1 atom stereocenters. The third kappa shape index (κ3) is 2.93. The van der Waals surface area contributed by atoms with Crippen molar-refractivity contribution in [3.8, 4) is 0 Å². The lowest BCUT2D eigenvalue weighted by atomic mass is 9.85. The molecule has 2 aliphatic rings. The molecule has 0 aliphatic carbocycles. The monoisotopic (exact) mass is 330 g/mol. The summed E-state index contributed by atoms with van der Waals surface area (Å²) in [6, 6.07) is 8.04. The number of rotatable bonds is 4. The Labute approximate surface area is 143 Å². The second-order valence-corrected chi connectivity index (χ2v) is 6.71. The number of aryl methyl sites for hydroxylation is 1. The molecule has 0 N–H and O–H groups in total. The molecule has 5 nitrogen and oxygen atoms in total. The van der Waals surface area contributed by atoms with E-state index < -0.39 is 5.54 Å². The number of ether oxygens (including phenoxy) is 1. The van der Waals surface area contributed by atoms with Crippen LogP contribution in [0.25, 0.3) is 0 Å². The Kier molecular flexibility index (Phi) is 4.90. The van der Waals surface area contributed by atoms with Gasteiger partial charge in [-0.1, -0.05) is 17.7 Å². The highest BCUT2D eigenvalue weighted by atomic mass is 16.5. The molecular weight excluding hydrogens is 304 g/mol. The maximum atomic E-state index is 13.3. The molecule has 3 rings (SSSR count). The summed E-state index contributed by atoms with van der Waals surface area (Å²) in [6.07, 6.45) is 3.31. The number of likely N-dealkylation sites (tertiary alicyclic amines) is 1. The SMILES string of the molecule is CCOCC(=O)N1CCCC12CCCN(c1ccc(C)cc1)C2=O. The first-order chi connectivity index (χ1) is 11.6. The van der Waals surface area contributed by atoms with Gasteiger partial charge in [-0.25, -0.2) is 0 Å². The fourth-order valence-corrected chi connectivity index (χ4v) is 3.95. The van der Waals surface area contributed by atoms with Crippen LogP contribution in [0.5, 0.6) is 0 Å². The molecule has 0 radical (unpaired) electrons. The van der Waals surface area contributed by atoms with E-state index >= 15 is 0 Å². The van der Waals surface area contributed by atoms with E-state index in [1.807, 2.05) is 43.0 Å². The maximum Gasteiger partial charge on any atom is 0.252 e. The van der Waals surface area contributed by atoms with Crippen molar-refractivity contribution in [1.82, 2.24) is 4.90 Å². The van der Waals surface area contributed by atoms with E-state index in [0.717, 1.165) is 37.9 Å². The van der Waals surface area contributed by atoms with Gasteiger partial charge in [0.1, 0.15) is 12.1 Å². The van der Waals surface area contributed by atoms with Crippen LogP contribution in [-0.4, -0.2) is 48.6 Å². The molecule has 130 valence electrons. The first-order valence-corrected chi connectivity index (χ1v) is 8.85. The number of nitrogens with zero attached hydrogens (tertiary/aromatic N) is 2. The summed E-state index contributed by atoms with van der Waals surface area (Å²) in [7, 11) is 0. The van der Waals surface area contributed by atoms with Crippen molar-refractivity contribution < 1.29 is 14.3 Å². The predicted octanol–water partition coefficient (Wildman–Crippen LogP) is 2.52. The third-order valence-electron chi connectivity index (χ3n) is 5.18. The molecule has 2 saturated heterocycles. The van der Waals surface area contributed by atoms with E-state index in [0.29, 0.717) is 13.2 Å². The number of carbonyl (C=O) groups is 2. The molecule has 0 aromatic heterocycles. The van der Waals surface area contributed by atoms with Crippen LogP contribution in [0.2, 0.25) is 0 Å². The van der Waals surface area contributed by atoms with Crippen molar-refractivity contribution in [2.24, 2.45) is 0 Å². The smallest absolute Gasteiger partial charge is 0.252 e. The van der Waals surface area contributed by atoms with Crippen molar-refractivity contribution in [3.05, 3.63) is 29.8 Å². The van der Waals surface area contributed by atoms with E-state index in [1.54, 1.807) is 4.90 Å². The number of hydrogen-bond donors (Lipinski definition) is 0. The zero-order chi connectivity index (χ0) is 17.2. The van der Waals surface area contributed by atoms with Crippen molar-refractivity contribution in [2.75, 3.05) is 31.2 Å². The largest absolute Gasteiger partial charge is 0.372 e. The van der Waals surface area contributed by atoms with Gasteiger partial charge in [0.15, 0.2) is 0 Å². The van der Waals surface area contributed by atoms with E-state index in [1.165, 1.54) is 5.56 Å². The number of piperidine rings is 1.